The molecule has 272 valence electrons. The molecule has 0 N–H and O–H groups in total. The average Bonchev–Trinajstić information content (AvgIpc) is 3.91. The number of hydrogen-bond acceptors (Lipinski definition) is 2. The lowest BCUT2D eigenvalue weighted by atomic mass is 9.98. The van der Waals surface area contributed by atoms with Crippen molar-refractivity contribution < 1.29 is 0 Å². The molecule has 0 aliphatic rings. The van der Waals surface area contributed by atoms with Crippen molar-refractivity contribution in [2.45, 2.75) is 0 Å². The standard InChI is InChI=1S/C54H31N5/c1-3-16-33(17-4-1)52-47-35-20-8-7-15-32(35)29-30-40(47)55-54(56-52)59-44-28-14-27-43-50(44)51-46(59)31-45-48(38-22-10-12-26-42(38)57(45)34-18-5-2-6-19-34)49(51)39-24-13-23-37-36-21-9-11-25-41(36)58(43)53(37)39/h1-31H. The van der Waals surface area contributed by atoms with Gasteiger partial charge in [0.05, 0.1) is 49.8 Å². The van der Waals surface area contributed by atoms with Crippen LogP contribution in [0.1, 0.15) is 0 Å². The SMILES string of the molecule is c1ccc(-c2nc(-n3c4cc5c(c6ccccc6n5-c5ccccc5)c5c6cccc7c8ccccc8n(c8cccc3c8c54)c76)nc3ccc4ccccc4c23)cc1. The molecule has 0 fully saturated rings. The summed E-state index contributed by atoms with van der Waals surface area (Å²) < 4.78 is 7.28. The number of para-hydroxylation sites is 4. The second-order valence-electron chi connectivity index (χ2n) is 15.7. The summed E-state index contributed by atoms with van der Waals surface area (Å²) in [5.74, 6) is 0.646. The van der Waals surface area contributed by atoms with Crippen LogP contribution in [0.4, 0.5) is 0 Å². The van der Waals surface area contributed by atoms with Gasteiger partial charge in [0, 0.05) is 59.7 Å². The summed E-state index contributed by atoms with van der Waals surface area (Å²) in [4.78, 5) is 11.2. The lowest BCUT2D eigenvalue weighted by molar-refractivity contribution is 1.01. The van der Waals surface area contributed by atoms with E-state index in [1.54, 1.807) is 0 Å². The van der Waals surface area contributed by atoms with E-state index in [4.69, 9.17) is 9.97 Å². The van der Waals surface area contributed by atoms with E-state index in [-0.39, 0.29) is 0 Å². The fourth-order valence-electron chi connectivity index (χ4n) is 10.4. The first-order valence-electron chi connectivity index (χ1n) is 20.2. The Balaban J connectivity index is 1.28. The molecule has 0 bridgehead atoms. The first kappa shape index (κ1) is 31.1. The third kappa shape index (κ3) is 3.98. The Morgan fingerprint density at radius 2 is 0.983 bits per heavy atom. The molecule has 0 spiro atoms. The molecule has 0 saturated carbocycles. The van der Waals surface area contributed by atoms with Crippen LogP contribution in [0.25, 0.3) is 126 Å². The van der Waals surface area contributed by atoms with E-state index in [1.807, 2.05) is 0 Å². The molecule has 14 aromatic rings. The van der Waals surface area contributed by atoms with Gasteiger partial charge in [0.15, 0.2) is 0 Å². The van der Waals surface area contributed by atoms with Crippen LogP contribution in [-0.2, 0) is 0 Å². The van der Waals surface area contributed by atoms with Crippen molar-refractivity contribution in [2.75, 3.05) is 0 Å². The summed E-state index contributed by atoms with van der Waals surface area (Å²) in [5.41, 5.74) is 12.0. The Hall–Kier alpha value is -8.02. The Kier molecular flexibility index (Phi) is 5.96. The molecule has 14 rings (SSSR count). The zero-order chi connectivity index (χ0) is 38.3. The van der Waals surface area contributed by atoms with Crippen LogP contribution < -0.4 is 0 Å². The van der Waals surface area contributed by atoms with Gasteiger partial charge < -0.3 is 8.97 Å². The molecule has 9 aromatic carbocycles. The van der Waals surface area contributed by atoms with Crippen molar-refractivity contribution in [3.63, 3.8) is 0 Å². The average molecular weight is 750 g/mol. The molecule has 59 heavy (non-hydrogen) atoms. The Labute approximate surface area is 336 Å². The molecule has 0 aliphatic heterocycles. The minimum absolute atomic E-state index is 0.646. The first-order chi connectivity index (χ1) is 29.3. The highest BCUT2D eigenvalue weighted by Crippen LogP contribution is 2.49. The van der Waals surface area contributed by atoms with Crippen LogP contribution in [0.3, 0.4) is 0 Å². The van der Waals surface area contributed by atoms with Gasteiger partial charge in [-0.2, -0.15) is 0 Å². The minimum atomic E-state index is 0.646. The lowest BCUT2D eigenvalue weighted by Gasteiger charge is -2.14. The van der Waals surface area contributed by atoms with E-state index in [0.29, 0.717) is 5.95 Å². The van der Waals surface area contributed by atoms with E-state index in [2.05, 4.69) is 202 Å². The molecule has 0 aliphatic carbocycles. The van der Waals surface area contributed by atoms with Gasteiger partial charge in [-0.05, 0) is 59.3 Å². The maximum absolute atomic E-state index is 5.63. The van der Waals surface area contributed by atoms with Crippen LogP contribution in [0.5, 0.6) is 0 Å². The molecule has 5 heteroatoms. The van der Waals surface area contributed by atoms with Gasteiger partial charge in [-0.25, -0.2) is 9.97 Å². The van der Waals surface area contributed by atoms with Gasteiger partial charge in [-0.1, -0.05) is 140 Å². The van der Waals surface area contributed by atoms with Crippen LogP contribution in [0, 0.1) is 0 Å². The van der Waals surface area contributed by atoms with Gasteiger partial charge in [0.2, 0.25) is 5.95 Å². The first-order valence-corrected chi connectivity index (χ1v) is 20.2. The van der Waals surface area contributed by atoms with E-state index < -0.39 is 0 Å². The number of fused-ring (bicyclic) bond motifs is 12. The minimum Gasteiger partial charge on any atom is -0.309 e. The molecule has 0 unspecified atom stereocenters. The largest absolute Gasteiger partial charge is 0.309 e. The van der Waals surface area contributed by atoms with Crippen molar-refractivity contribution in [3.05, 3.63) is 188 Å². The lowest BCUT2D eigenvalue weighted by Crippen LogP contribution is -2.04. The van der Waals surface area contributed by atoms with Gasteiger partial charge in [-0.3, -0.25) is 4.57 Å². The quantitative estimate of drug-likeness (QED) is 0.169. The molecule has 0 radical (unpaired) electrons. The maximum Gasteiger partial charge on any atom is 0.235 e. The third-order valence-corrected chi connectivity index (χ3v) is 12.7. The molecule has 5 nitrogen and oxygen atoms in total. The number of rotatable bonds is 3. The summed E-state index contributed by atoms with van der Waals surface area (Å²) in [5, 5.41) is 13.2. The normalized spacial score (nSPS) is 12.4. The van der Waals surface area contributed by atoms with Gasteiger partial charge in [-0.15, -0.1) is 0 Å². The highest BCUT2D eigenvalue weighted by Gasteiger charge is 2.27. The van der Waals surface area contributed by atoms with E-state index in [0.717, 1.165) is 55.3 Å². The van der Waals surface area contributed by atoms with Crippen LogP contribution >= 0.6 is 0 Å². The number of nitrogens with zero attached hydrogens (tertiary/aromatic N) is 5. The Bertz CT molecular complexity index is 4060. The number of aromatic nitrogens is 5. The Morgan fingerprint density at radius 3 is 1.85 bits per heavy atom. The third-order valence-electron chi connectivity index (χ3n) is 12.7. The predicted molar refractivity (Wildman–Crippen MR) is 246 cm³/mol. The maximum atomic E-state index is 5.63. The molecular formula is C54H31N5. The van der Waals surface area contributed by atoms with Gasteiger partial charge in [0.25, 0.3) is 0 Å². The smallest absolute Gasteiger partial charge is 0.235 e. The van der Waals surface area contributed by atoms with Gasteiger partial charge >= 0.3 is 0 Å². The zero-order valence-corrected chi connectivity index (χ0v) is 31.6. The van der Waals surface area contributed by atoms with Crippen LogP contribution in [0.15, 0.2) is 188 Å². The number of benzene rings is 9. The Morgan fingerprint density at radius 1 is 0.339 bits per heavy atom. The van der Waals surface area contributed by atoms with Crippen molar-refractivity contribution in [1.82, 2.24) is 23.5 Å². The molecule has 5 heterocycles. The topological polar surface area (TPSA) is 40.0 Å². The second-order valence-corrected chi connectivity index (χ2v) is 15.7. The summed E-state index contributed by atoms with van der Waals surface area (Å²) in [6.45, 7) is 0. The summed E-state index contributed by atoms with van der Waals surface area (Å²) in [6.07, 6.45) is 0. The molecule has 0 atom stereocenters. The number of hydrogen-bond donors (Lipinski definition) is 0. The van der Waals surface area contributed by atoms with Crippen LogP contribution in [0.2, 0.25) is 0 Å². The monoisotopic (exact) mass is 749 g/mol. The summed E-state index contributed by atoms with van der Waals surface area (Å²) in [7, 11) is 0. The fraction of sp³-hybridized carbons (Fsp3) is 0. The van der Waals surface area contributed by atoms with E-state index >= 15 is 0 Å². The zero-order valence-electron chi connectivity index (χ0n) is 31.6. The highest BCUT2D eigenvalue weighted by atomic mass is 15.2. The second kappa shape index (κ2) is 11.3. The fourth-order valence-corrected chi connectivity index (χ4v) is 10.4. The van der Waals surface area contributed by atoms with Crippen molar-refractivity contribution in [1.29, 1.82) is 0 Å². The molecule has 5 aromatic heterocycles. The van der Waals surface area contributed by atoms with E-state index in [9.17, 15) is 0 Å². The van der Waals surface area contributed by atoms with Crippen molar-refractivity contribution in [2.24, 2.45) is 0 Å². The molecule has 0 amide bonds. The van der Waals surface area contributed by atoms with Crippen molar-refractivity contribution >= 4 is 103 Å². The predicted octanol–water partition coefficient (Wildman–Crippen LogP) is 13.8. The van der Waals surface area contributed by atoms with Crippen molar-refractivity contribution in [3.8, 4) is 22.9 Å². The molecular weight excluding hydrogens is 719 g/mol. The van der Waals surface area contributed by atoms with E-state index in [1.165, 1.54) is 65.0 Å². The molecule has 0 saturated heterocycles. The van der Waals surface area contributed by atoms with Crippen LogP contribution in [-0.4, -0.2) is 23.5 Å². The summed E-state index contributed by atoms with van der Waals surface area (Å²) in [6, 6.07) is 68.0. The van der Waals surface area contributed by atoms with Gasteiger partial charge in [0.1, 0.15) is 0 Å². The summed E-state index contributed by atoms with van der Waals surface area (Å²) >= 11 is 0. The highest BCUT2D eigenvalue weighted by molar-refractivity contribution is 6.39.